The molecule has 2 aromatic rings. The summed E-state index contributed by atoms with van der Waals surface area (Å²) in [6, 6.07) is 15.9. The lowest BCUT2D eigenvalue weighted by Crippen LogP contribution is -2.06. The minimum absolute atomic E-state index is 0.0950. The average Bonchev–Trinajstić information content (AvgIpc) is 2.49. The van der Waals surface area contributed by atoms with Crippen LogP contribution in [0.2, 0.25) is 0 Å². The predicted molar refractivity (Wildman–Crippen MR) is 79.0 cm³/mol. The summed E-state index contributed by atoms with van der Waals surface area (Å²) in [6.45, 7) is 2.06. The average molecular weight is 286 g/mol. The first-order valence-electron chi connectivity index (χ1n) is 6.25. The maximum atomic E-state index is 12.2. The lowest BCUT2D eigenvalue weighted by atomic mass is 10.2. The van der Waals surface area contributed by atoms with E-state index in [1.165, 1.54) is 0 Å². The number of rotatable bonds is 4. The van der Waals surface area contributed by atoms with Crippen molar-refractivity contribution in [2.45, 2.75) is 11.8 Å². The van der Waals surface area contributed by atoms with E-state index >= 15 is 0 Å². The zero-order chi connectivity index (χ0) is 14.4. The molecule has 20 heavy (non-hydrogen) atoms. The van der Waals surface area contributed by atoms with Gasteiger partial charge in [-0.2, -0.15) is 0 Å². The molecule has 2 rings (SSSR count). The summed E-state index contributed by atoms with van der Waals surface area (Å²) in [5.41, 5.74) is 1.03. The first kappa shape index (κ1) is 14.3. The topological polar surface area (TPSA) is 43.4 Å². The van der Waals surface area contributed by atoms with E-state index in [1.54, 1.807) is 43.3 Å². The van der Waals surface area contributed by atoms with Gasteiger partial charge >= 0.3 is 5.97 Å². The molecule has 2 aromatic carbocycles. The zero-order valence-corrected chi connectivity index (χ0v) is 11.9. The number of benzene rings is 2. The molecular formula is C16H14O3S. The molecule has 102 valence electrons. The molecule has 0 heterocycles. The summed E-state index contributed by atoms with van der Waals surface area (Å²) < 4.78 is 4.99. The predicted octanol–water partition coefficient (Wildman–Crippen LogP) is 3.80. The first-order chi connectivity index (χ1) is 9.72. The van der Waals surface area contributed by atoms with Crippen LogP contribution in [-0.4, -0.2) is 17.7 Å². The Labute approximate surface area is 122 Å². The van der Waals surface area contributed by atoms with Crippen LogP contribution in [0.5, 0.6) is 0 Å². The Morgan fingerprint density at radius 3 is 2.35 bits per heavy atom. The largest absolute Gasteiger partial charge is 0.462 e. The Kier molecular flexibility index (Phi) is 4.96. The number of hydrogen-bond donors (Lipinski definition) is 0. The van der Waals surface area contributed by atoms with Crippen molar-refractivity contribution in [3.05, 3.63) is 65.7 Å². The van der Waals surface area contributed by atoms with E-state index in [2.05, 4.69) is 0 Å². The third-order valence-corrected chi connectivity index (χ3v) is 3.59. The van der Waals surface area contributed by atoms with Gasteiger partial charge < -0.3 is 4.74 Å². The van der Waals surface area contributed by atoms with Crippen molar-refractivity contribution in [2.24, 2.45) is 0 Å². The molecule has 3 nitrogen and oxygen atoms in total. The molecule has 0 amide bonds. The lowest BCUT2D eigenvalue weighted by molar-refractivity contribution is 0.0522. The van der Waals surface area contributed by atoms with Crippen molar-refractivity contribution in [1.82, 2.24) is 0 Å². The third kappa shape index (κ3) is 3.48. The number of esters is 1. The monoisotopic (exact) mass is 286 g/mol. The maximum absolute atomic E-state index is 12.2. The van der Waals surface area contributed by atoms with E-state index in [0.29, 0.717) is 22.6 Å². The van der Waals surface area contributed by atoms with Crippen LogP contribution in [0.4, 0.5) is 0 Å². The number of carbonyl (C=O) groups is 2. The van der Waals surface area contributed by atoms with Crippen molar-refractivity contribution in [3.63, 3.8) is 0 Å². The van der Waals surface area contributed by atoms with Gasteiger partial charge in [0.1, 0.15) is 0 Å². The molecule has 0 saturated heterocycles. The first-order valence-corrected chi connectivity index (χ1v) is 7.07. The van der Waals surface area contributed by atoms with E-state index in [-0.39, 0.29) is 5.12 Å². The molecular weight excluding hydrogens is 272 g/mol. The summed E-state index contributed by atoms with van der Waals surface area (Å²) in [6.07, 6.45) is 0. The van der Waals surface area contributed by atoms with Gasteiger partial charge in [0.2, 0.25) is 5.12 Å². The smallest absolute Gasteiger partial charge is 0.339 e. The minimum Gasteiger partial charge on any atom is -0.462 e. The normalized spacial score (nSPS) is 10.1. The molecule has 0 aliphatic rings. The van der Waals surface area contributed by atoms with E-state index < -0.39 is 5.97 Å². The highest BCUT2D eigenvalue weighted by molar-refractivity contribution is 8.14. The van der Waals surface area contributed by atoms with Crippen LogP contribution in [0.15, 0.2) is 59.5 Å². The summed E-state index contributed by atoms with van der Waals surface area (Å²) in [4.78, 5) is 24.6. The van der Waals surface area contributed by atoms with Crippen molar-refractivity contribution >= 4 is 22.8 Å². The van der Waals surface area contributed by atoms with Gasteiger partial charge in [-0.25, -0.2) is 4.79 Å². The molecule has 0 saturated carbocycles. The standard InChI is InChI=1S/C16H14O3S/c1-2-19-15(17)13-10-6-7-11-14(13)20-16(18)12-8-4-3-5-9-12/h3-11H,2H2,1H3. The molecule has 0 N–H and O–H groups in total. The second kappa shape index (κ2) is 6.91. The van der Waals surface area contributed by atoms with Crippen LogP contribution in [-0.2, 0) is 4.74 Å². The van der Waals surface area contributed by atoms with Gasteiger partial charge in [-0.15, -0.1) is 0 Å². The van der Waals surface area contributed by atoms with Crippen LogP contribution < -0.4 is 0 Å². The van der Waals surface area contributed by atoms with E-state index in [0.717, 1.165) is 11.8 Å². The molecule has 0 aliphatic carbocycles. The van der Waals surface area contributed by atoms with Gasteiger partial charge in [0.25, 0.3) is 0 Å². The molecule has 0 radical (unpaired) electrons. The second-order valence-corrected chi connectivity index (χ2v) is 4.99. The Morgan fingerprint density at radius 1 is 1.00 bits per heavy atom. The van der Waals surface area contributed by atoms with Crippen molar-refractivity contribution < 1.29 is 14.3 Å². The fourth-order valence-electron chi connectivity index (χ4n) is 1.67. The number of carbonyl (C=O) groups excluding carboxylic acids is 2. The fraction of sp³-hybridized carbons (Fsp3) is 0.125. The van der Waals surface area contributed by atoms with Gasteiger partial charge in [-0.05, 0) is 30.8 Å². The van der Waals surface area contributed by atoms with Crippen molar-refractivity contribution in [2.75, 3.05) is 6.61 Å². The third-order valence-electron chi connectivity index (χ3n) is 2.59. The highest BCUT2D eigenvalue weighted by Gasteiger charge is 2.16. The molecule has 0 atom stereocenters. The Morgan fingerprint density at radius 2 is 1.65 bits per heavy atom. The summed E-state index contributed by atoms with van der Waals surface area (Å²) in [5.74, 6) is -0.406. The van der Waals surface area contributed by atoms with Gasteiger partial charge in [0.15, 0.2) is 0 Å². The van der Waals surface area contributed by atoms with E-state index in [9.17, 15) is 9.59 Å². The maximum Gasteiger partial charge on any atom is 0.339 e. The van der Waals surface area contributed by atoms with E-state index in [1.807, 2.05) is 18.2 Å². The van der Waals surface area contributed by atoms with Gasteiger partial charge in [0, 0.05) is 10.5 Å². The number of hydrogen-bond acceptors (Lipinski definition) is 4. The number of ether oxygens (including phenoxy) is 1. The fourth-order valence-corrected chi connectivity index (χ4v) is 2.53. The van der Waals surface area contributed by atoms with Crippen LogP contribution in [0.25, 0.3) is 0 Å². The Balaban J connectivity index is 2.21. The molecule has 0 unspecified atom stereocenters. The quantitative estimate of drug-likeness (QED) is 0.633. The lowest BCUT2D eigenvalue weighted by Gasteiger charge is -2.07. The second-order valence-electron chi connectivity index (χ2n) is 3.97. The minimum atomic E-state index is -0.406. The van der Waals surface area contributed by atoms with E-state index in [4.69, 9.17) is 4.74 Å². The molecule has 0 fully saturated rings. The van der Waals surface area contributed by atoms with Gasteiger partial charge in [-0.3, -0.25) is 4.79 Å². The van der Waals surface area contributed by atoms with Crippen LogP contribution >= 0.6 is 11.8 Å². The van der Waals surface area contributed by atoms with Crippen molar-refractivity contribution in [3.8, 4) is 0 Å². The molecule has 0 spiro atoms. The van der Waals surface area contributed by atoms with Crippen LogP contribution in [0.1, 0.15) is 27.6 Å². The summed E-state index contributed by atoms with van der Waals surface area (Å²) in [5, 5.41) is -0.0950. The summed E-state index contributed by atoms with van der Waals surface area (Å²) >= 11 is 1.04. The summed E-state index contributed by atoms with van der Waals surface area (Å²) in [7, 11) is 0. The zero-order valence-electron chi connectivity index (χ0n) is 11.0. The van der Waals surface area contributed by atoms with Crippen LogP contribution in [0, 0.1) is 0 Å². The molecule has 4 heteroatoms. The highest BCUT2D eigenvalue weighted by Crippen LogP contribution is 2.26. The number of thioether (sulfide) groups is 1. The van der Waals surface area contributed by atoms with Crippen molar-refractivity contribution in [1.29, 1.82) is 0 Å². The van der Waals surface area contributed by atoms with Gasteiger partial charge in [-0.1, -0.05) is 42.5 Å². The Hall–Kier alpha value is -2.07. The highest BCUT2D eigenvalue weighted by atomic mass is 32.2. The van der Waals surface area contributed by atoms with Crippen LogP contribution in [0.3, 0.4) is 0 Å². The molecule has 0 aliphatic heterocycles. The van der Waals surface area contributed by atoms with Gasteiger partial charge in [0.05, 0.1) is 12.2 Å². The Bertz CT molecular complexity index is 608. The molecule has 0 bridgehead atoms. The SMILES string of the molecule is CCOC(=O)c1ccccc1SC(=O)c1ccccc1. The molecule has 0 aromatic heterocycles.